The van der Waals surface area contributed by atoms with E-state index < -0.39 is 0 Å². The SMILES string of the molecule is N#CCc1cc(-c2ccccc2)cc2ccccc12. The highest BCUT2D eigenvalue weighted by Crippen LogP contribution is 2.27. The van der Waals surface area contributed by atoms with Crippen molar-refractivity contribution in [1.82, 2.24) is 0 Å². The Morgan fingerprint density at radius 1 is 0.789 bits per heavy atom. The molecule has 19 heavy (non-hydrogen) atoms. The van der Waals surface area contributed by atoms with E-state index >= 15 is 0 Å². The van der Waals surface area contributed by atoms with Crippen molar-refractivity contribution in [2.45, 2.75) is 6.42 Å². The minimum atomic E-state index is 0.446. The van der Waals surface area contributed by atoms with Crippen LogP contribution in [0.15, 0.2) is 66.7 Å². The first-order valence-electron chi connectivity index (χ1n) is 6.32. The second-order valence-electron chi connectivity index (χ2n) is 4.56. The Labute approximate surface area is 112 Å². The highest BCUT2D eigenvalue weighted by molar-refractivity contribution is 5.90. The molecule has 3 aromatic rings. The van der Waals surface area contributed by atoms with Gasteiger partial charge in [0.05, 0.1) is 12.5 Å². The minimum absolute atomic E-state index is 0.446. The van der Waals surface area contributed by atoms with E-state index in [0.717, 1.165) is 5.56 Å². The highest BCUT2D eigenvalue weighted by atomic mass is 14.2. The molecule has 0 heterocycles. The van der Waals surface area contributed by atoms with Crippen molar-refractivity contribution in [3.05, 3.63) is 72.3 Å². The Hall–Kier alpha value is -2.59. The van der Waals surface area contributed by atoms with Gasteiger partial charge < -0.3 is 0 Å². The van der Waals surface area contributed by atoms with E-state index in [1.807, 2.05) is 30.3 Å². The molecular weight excluding hydrogens is 230 g/mol. The largest absolute Gasteiger partial charge is 0.198 e. The van der Waals surface area contributed by atoms with Crippen LogP contribution in [0.1, 0.15) is 5.56 Å². The Morgan fingerprint density at radius 2 is 1.53 bits per heavy atom. The molecule has 0 saturated carbocycles. The molecule has 0 bridgehead atoms. The zero-order valence-corrected chi connectivity index (χ0v) is 10.5. The summed E-state index contributed by atoms with van der Waals surface area (Å²) in [4.78, 5) is 0. The lowest BCUT2D eigenvalue weighted by Gasteiger charge is -2.08. The molecule has 0 aliphatic heterocycles. The van der Waals surface area contributed by atoms with Gasteiger partial charge in [-0.3, -0.25) is 0 Å². The molecule has 0 saturated heterocycles. The van der Waals surface area contributed by atoms with Crippen molar-refractivity contribution in [3.63, 3.8) is 0 Å². The summed E-state index contributed by atoms with van der Waals surface area (Å²) < 4.78 is 0. The summed E-state index contributed by atoms with van der Waals surface area (Å²) >= 11 is 0. The van der Waals surface area contributed by atoms with Gasteiger partial charge >= 0.3 is 0 Å². The maximum atomic E-state index is 8.99. The van der Waals surface area contributed by atoms with E-state index in [0.29, 0.717) is 6.42 Å². The fraction of sp³-hybridized carbons (Fsp3) is 0.0556. The lowest BCUT2D eigenvalue weighted by atomic mass is 9.96. The van der Waals surface area contributed by atoms with Crippen molar-refractivity contribution < 1.29 is 0 Å². The van der Waals surface area contributed by atoms with Crippen molar-refractivity contribution >= 4 is 10.8 Å². The average molecular weight is 243 g/mol. The van der Waals surface area contributed by atoms with Crippen molar-refractivity contribution in [2.75, 3.05) is 0 Å². The van der Waals surface area contributed by atoms with Crippen LogP contribution in [0.25, 0.3) is 21.9 Å². The summed E-state index contributed by atoms with van der Waals surface area (Å²) in [6.07, 6.45) is 0.446. The molecule has 0 N–H and O–H groups in total. The summed E-state index contributed by atoms with van der Waals surface area (Å²) in [6, 6.07) is 25.1. The van der Waals surface area contributed by atoms with Crippen LogP contribution >= 0.6 is 0 Å². The first kappa shape index (κ1) is 11.5. The number of benzene rings is 3. The number of nitriles is 1. The quantitative estimate of drug-likeness (QED) is 0.646. The van der Waals surface area contributed by atoms with Crippen LogP contribution in [0.5, 0.6) is 0 Å². The summed E-state index contributed by atoms with van der Waals surface area (Å²) in [5.74, 6) is 0. The van der Waals surface area contributed by atoms with Crippen LogP contribution in [0.2, 0.25) is 0 Å². The zero-order chi connectivity index (χ0) is 13.1. The molecule has 0 unspecified atom stereocenters. The Bertz CT molecular complexity index is 751. The highest BCUT2D eigenvalue weighted by Gasteiger charge is 2.05. The maximum Gasteiger partial charge on any atom is 0.0669 e. The molecule has 0 aliphatic carbocycles. The molecule has 3 rings (SSSR count). The van der Waals surface area contributed by atoms with E-state index in [4.69, 9.17) is 5.26 Å². The van der Waals surface area contributed by atoms with Gasteiger partial charge in [-0.05, 0) is 39.6 Å². The second kappa shape index (κ2) is 4.96. The van der Waals surface area contributed by atoms with Gasteiger partial charge in [0.1, 0.15) is 0 Å². The third kappa shape index (κ3) is 2.21. The molecule has 0 aliphatic rings. The fourth-order valence-electron chi connectivity index (χ4n) is 2.42. The third-order valence-electron chi connectivity index (χ3n) is 3.32. The van der Waals surface area contributed by atoms with Crippen LogP contribution in [-0.2, 0) is 6.42 Å². The lowest BCUT2D eigenvalue weighted by Crippen LogP contribution is -1.87. The smallest absolute Gasteiger partial charge is 0.0669 e. The zero-order valence-electron chi connectivity index (χ0n) is 10.5. The van der Waals surface area contributed by atoms with Crippen LogP contribution in [0.3, 0.4) is 0 Å². The van der Waals surface area contributed by atoms with Gasteiger partial charge in [-0.1, -0.05) is 54.6 Å². The predicted octanol–water partition coefficient (Wildman–Crippen LogP) is 4.57. The molecule has 90 valence electrons. The average Bonchev–Trinajstić information content (AvgIpc) is 2.48. The topological polar surface area (TPSA) is 23.8 Å². The Balaban J connectivity index is 2.25. The monoisotopic (exact) mass is 243 g/mol. The minimum Gasteiger partial charge on any atom is -0.198 e. The predicted molar refractivity (Wildman–Crippen MR) is 78.7 cm³/mol. The lowest BCUT2D eigenvalue weighted by molar-refractivity contribution is 1.29. The van der Waals surface area contributed by atoms with E-state index in [-0.39, 0.29) is 0 Å². The van der Waals surface area contributed by atoms with Gasteiger partial charge in [-0.2, -0.15) is 5.26 Å². The van der Waals surface area contributed by atoms with E-state index in [1.54, 1.807) is 0 Å². The molecule has 0 atom stereocenters. The first-order valence-corrected chi connectivity index (χ1v) is 6.32. The van der Waals surface area contributed by atoms with Gasteiger partial charge in [0.25, 0.3) is 0 Å². The number of hydrogen-bond donors (Lipinski definition) is 0. The second-order valence-corrected chi connectivity index (χ2v) is 4.56. The van der Waals surface area contributed by atoms with Gasteiger partial charge in [0.2, 0.25) is 0 Å². The van der Waals surface area contributed by atoms with E-state index in [9.17, 15) is 0 Å². The molecule has 0 spiro atoms. The number of nitrogens with zero attached hydrogens (tertiary/aromatic N) is 1. The van der Waals surface area contributed by atoms with Crippen LogP contribution in [0, 0.1) is 11.3 Å². The molecule has 0 aromatic heterocycles. The van der Waals surface area contributed by atoms with Gasteiger partial charge in [0.15, 0.2) is 0 Å². The summed E-state index contributed by atoms with van der Waals surface area (Å²) in [5.41, 5.74) is 3.46. The Kier molecular flexibility index (Phi) is 3.00. The maximum absolute atomic E-state index is 8.99. The fourth-order valence-corrected chi connectivity index (χ4v) is 2.42. The van der Waals surface area contributed by atoms with Crippen LogP contribution < -0.4 is 0 Å². The van der Waals surface area contributed by atoms with Gasteiger partial charge in [-0.25, -0.2) is 0 Å². The molecule has 0 amide bonds. The third-order valence-corrected chi connectivity index (χ3v) is 3.32. The van der Waals surface area contributed by atoms with E-state index in [2.05, 4.69) is 42.5 Å². The molecular formula is C18H13N. The molecule has 1 heteroatoms. The number of rotatable bonds is 2. The van der Waals surface area contributed by atoms with Gasteiger partial charge in [-0.15, -0.1) is 0 Å². The summed E-state index contributed by atoms with van der Waals surface area (Å²) in [5, 5.41) is 11.3. The standard InChI is InChI=1S/C18H13N/c19-11-10-16-13-17(14-6-2-1-3-7-14)12-15-8-4-5-9-18(15)16/h1-9,12-13H,10H2. The van der Waals surface area contributed by atoms with Crippen molar-refractivity contribution in [3.8, 4) is 17.2 Å². The molecule has 0 fully saturated rings. The summed E-state index contributed by atoms with van der Waals surface area (Å²) in [6.45, 7) is 0. The summed E-state index contributed by atoms with van der Waals surface area (Å²) in [7, 11) is 0. The van der Waals surface area contributed by atoms with Crippen molar-refractivity contribution in [2.24, 2.45) is 0 Å². The molecule has 0 radical (unpaired) electrons. The normalized spacial score (nSPS) is 10.3. The number of fused-ring (bicyclic) bond motifs is 1. The number of hydrogen-bond acceptors (Lipinski definition) is 1. The molecule has 3 aromatic carbocycles. The van der Waals surface area contributed by atoms with Crippen molar-refractivity contribution in [1.29, 1.82) is 5.26 Å². The van der Waals surface area contributed by atoms with Gasteiger partial charge in [0, 0.05) is 0 Å². The van der Waals surface area contributed by atoms with Crippen LogP contribution in [-0.4, -0.2) is 0 Å². The Morgan fingerprint density at radius 3 is 2.32 bits per heavy atom. The van der Waals surface area contributed by atoms with E-state index in [1.165, 1.54) is 21.9 Å². The molecule has 1 nitrogen and oxygen atoms in total. The van der Waals surface area contributed by atoms with Crippen LogP contribution in [0.4, 0.5) is 0 Å². The first-order chi connectivity index (χ1) is 9.38.